The Kier molecular flexibility index (Phi) is 4.30. The third kappa shape index (κ3) is 3.01. The number of nitrogens with zero attached hydrogens (tertiary/aromatic N) is 2. The summed E-state index contributed by atoms with van der Waals surface area (Å²) in [6.07, 6.45) is 1.42. The second-order valence-corrected chi connectivity index (χ2v) is 6.54. The zero-order valence-corrected chi connectivity index (χ0v) is 14.1. The summed E-state index contributed by atoms with van der Waals surface area (Å²) in [5.41, 5.74) is 2.03. The van der Waals surface area contributed by atoms with Crippen molar-refractivity contribution in [1.29, 1.82) is 0 Å². The number of rotatable bonds is 4. The Morgan fingerprint density at radius 2 is 2.08 bits per heavy atom. The molecule has 2 unspecified atom stereocenters. The Bertz CT molecular complexity index is 848. The Morgan fingerprint density at radius 1 is 1.23 bits per heavy atom. The number of hydrogen-bond donors (Lipinski definition) is 1. The van der Waals surface area contributed by atoms with E-state index < -0.39 is 11.1 Å². The van der Waals surface area contributed by atoms with Crippen LogP contribution in [0, 0.1) is 10.1 Å². The molecule has 1 amide bonds. The average molecular weight is 353 g/mol. The van der Waals surface area contributed by atoms with Gasteiger partial charge in [-0.05, 0) is 25.0 Å². The van der Waals surface area contributed by atoms with Crippen molar-refractivity contribution < 1.29 is 14.5 Å². The molecule has 0 saturated carbocycles. The number of fused-ring (bicyclic) bond motifs is 1. The van der Waals surface area contributed by atoms with E-state index in [0.717, 1.165) is 18.5 Å². The maximum atomic E-state index is 13.1. The number of carbonyl (C=O) groups is 1. The minimum Gasteiger partial charge on any atom is -0.376 e. The fourth-order valence-electron chi connectivity index (χ4n) is 3.56. The number of nitro benzene ring substituents is 1. The largest absolute Gasteiger partial charge is 0.376 e. The number of nitrogens with one attached hydrogen (secondary N) is 1. The predicted octanol–water partition coefficient (Wildman–Crippen LogP) is 3.34. The van der Waals surface area contributed by atoms with E-state index in [0.29, 0.717) is 24.3 Å². The number of hydrogen-bond acceptors (Lipinski definition) is 5. The molecule has 0 spiro atoms. The molecule has 26 heavy (non-hydrogen) atoms. The zero-order chi connectivity index (χ0) is 18.1. The van der Waals surface area contributed by atoms with Crippen LogP contribution in [0.5, 0.6) is 0 Å². The van der Waals surface area contributed by atoms with Crippen molar-refractivity contribution in [1.82, 2.24) is 4.90 Å². The summed E-state index contributed by atoms with van der Waals surface area (Å²) in [7, 11) is 0. The van der Waals surface area contributed by atoms with E-state index in [9.17, 15) is 14.9 Å². The van der Waals surface area contributed by atoms with Crippen LogP contribution in [0.1, 0.15) is 34.9 Å². The van der Waals surface area contributed by atoms with Gasteiger partial charge in [-0.1, -0.05) is 24.3 Å². The summed E-state index contributed by atoms with van der Waals surface area (Å²) in [5.74, 6) is -0.0913. The zero-order valence-electron chi connectivity index (χ0n) is 14.1. The summed E-state index contributed by atoms with van der Waals surface area (Å²) in [6.45, 7) is 1.16. The molecule has 2 aliphatic rings. The first-order valence-corrected chi connectivity index (χ1v) is 8.66. The van der Waals surface area contributed by atoms with Crippen molar-refractivity contribution in [2.75, 3.05) is 18.5 Å². The van der Waals surface area contributed by atoms with Gasteiger partial charge in [0.2, 0.25) is 0 Å². The molecule has 2 heterocycles. The number of para-hydroxylation sites is 1. The first kappa shape index (κ1) is 16.5. The van der Waals surface area contributed by atoms with E-state index in [2.05, 4.69) is 5.32 Å². The molecule has 7 heteroatoms. The number of anilines is 1. The number of ether oxygens (including phenoxy) is 1. The van der Waals surface area contributed by atoms with E-state index in [4.69, 9.17) is 4.74 Å². The number of non-ortho nitro benzene ring substituents is 1. The first-order chi connectivity index (χ1) is 12.6. The Morgan fingerprint density at radius 3 is 2.85 bits per heavy atom. The Balaban J connectivity index is 1.73. The van der Waals surface area contributed by atoms with E-state index in [-0.39, 0.29) is 17.7 Å². The highest BCUT2D eigenvalue weighted by Crippen LogP contribution is 2.34. The van der Waals surface area contributed by atoms with Gasteiger partial charge in [0.15, 0.2) is 0 Å². The van der Waals surface area contributed by atoms with Crippen LogP contribution in [-0.4, -0.2) is 35.0 Å². The van der Waals surface area contributed by atoms with E-state index in [1.807, 2.05) is 18.2 Å². The normalized spacial score (nSPS) is 22.0. The van der Waals surface area contributed by atoms with E-state index >= 15 is 0 Å². The third-order valence-corrected chi connectivity index (χ3v) is 4.84. The molecular weight excluding hydrogens is 334 g/mol. The van der Waals surface area contributed by atoms with Crippen LogP contribution in [0.3, 0.4) is 0 Å². The molecule has 2 aliphatic heterocycles. The smallest absolute Gasteiger partial charge is 0.269 e. The Hall–Kier alpha value is -2.93. The molecule has 0 bridgehead atoms. The highest BCUT2D eigenvalue weighted by Gasteiger charge is 2.35. The molecule has 7 nitrogen and oxygen atoms in total. The molecule has 134 valence electrons. The van der Waals surface area contributed by atoms with Gasteiger partial charge in [0, 0.05) is 36.5 Å². The molecule has 0 radical (unpaired) electrons. The quantitative estimate of drug-likeness (QED) is 0.673. The SMILES string of the molecule is O=C1c2ccccc2NC(c2cccc([N+](=O)[O-])c2)N1CC1CCCO1. The summed E-state index contributed by atoms with van der Waals surface area (Å²) in [6, 6.07) is 13.7. The van der Waals surface area contributed by atoms with Gasteiger partial charge in [-0.25, -0.2) is 0 Å². The van der Waals surface area contributed by atoms with Gasteiger partial charge in [0.1, 0.15) is 6.17 Å². The van der Waals surface area contributed by atoms with Gasteiger partial charge in [0.25, 0.3) is 11.6 Å². The summed E-state index contributed by atoms with van der Waals surface area (Å²) < 4.78 is 5.71. The van der Waals surface area contributed by atoms with Gasteiger partial charge in [-0.3, -0.25) is 14.9 Å². The molecule has 0 aliphatic carbocycles. The maximum absolute atomic E-state index is 13.1. The lowest BCUT2D eigenvalue weighted by Crippen LogP contribution is -2.46. The highest BCUT2D eigenvalue weighted by molar-refractivity contribution is 6.01. The monoisotopic (exact) mass is 353 g/mol. The van der Waals surface area contributed by atoms with Crippen molar-refractivity contribution in [3.8, 4) is 0 Å². The fraction of sp³-hybridized carbons (Fsp3) is 0.316. The molecular formula is C19H19N3O4. The summed E-state index contributed by atoms with van der Waals surface area (Å²) >= 11 is 0. The van der Waals surface area contributed by atoms with Crippen LogP contribution in [0.4, 0.5) is 11.4 Å². The lowest BCUT2D eigenvalue weighted by Gasteiger charge is -2.39. The molecule has 0 aromatic heterocycles. The molecule has 2 atom stereocenters. The van der Waals surface area contributed by atoms with Crippen LogP contribution in [-0.2, 0) is 4.74 Å². The topological polar surface area (TPSA) is 84.7 Å². The summed E-state index contributed by atoms with van der Waals surface area (Å²) in [4.78, 5) is 25.5. The van der Waals surface area contributed by atoms with Crippen LogP contribution < -0.4 is 5.32 Å². The van der Waals surface area contributed by atoms with Crippen LogP contribution in [0.15, 0.2) is 48.5 Å². The lowest BCUT2D eigenvalue weighted by atomic mass is 10.0. The van der Waals surface area contributed by atoms with Crippen LogP contribution >= 0.6 is 0 Å². The standard InChI is InChI=1S/C19H19N3O4/c23-19-16-8-1-2-9-17(16)20-18(21(19)12-15-7-4-10-26-15)13-5-3-6-14(11-13)22(24)25/h1-3,5-6,8-9,11,15,18,20H,4,7,10,12H2. The summed E-state index contributed by atoms with van der Waals surface area (Å²) in [5, 5.41) is 14.5. The average Bonchev–Trinajstić information content (AvgIpc) is 3.17. The molecule has 2 aromatic rings. The van der Waals surface area contributed by atoms with E-state index in [1.165, 1.54) is 12.1 Å². The fourth-order valence-corrected chi connectivity index (χ4v) is 3.56. The molecule has 1 saturated heterocycles. The molecule has 2 aromatic carbocycles. The van der Waals surface area contributed by atoms with Crippen molar-refractivity contribution >= 4 is 17.3 Å². The van der Waals surface area contributed by atoms with Crippen molar-refractivity contribution in [3.05, 3.63) is 69.8 Å². The highest BCUT2D eigenvalue weighted by atomic mass is 16.6. The van der Waals surface area contributed by atoms with Crippen molar-refractivity contribution in [2.45, 2.75) is 25.1 Å². The van der Waals surface area contributed by atoms with Crippen molar-refractivity contribution in [3.63, 3.8) is 0 Å². The Labute approximate surface area is 150 Å². The molecule has 1 fully saturated rings. The number of amides is 1. The second-order valence-electron chi connectivity index (χ2n) is 6.54. The van der Waals surface area contributed by atoms with Crippen LogP contribution in [0.25, 0.3) is 0 Å². The van der Waals surface area contributed by atoms with Gasteiger partial charge in [-0.2, -0.15) is 0 Å². The number of benzene rings is 2. The van der Waals surface area contributed by atoms with Gasteiger partial charge in [0.05, 0.1) is 16.6 Å². The minimum absolute atomic E-state index is 0.00711. The lowest BCUT2D eigenvalue weighted by molar-refractivity contribution is -0.384. The number of nitro groups is 1. The van der Waals surface area contributed by atoms with Crippen molar-refractivity contribution in [2.24, 2.45) is 0 Å². The molecule has 4 rings (SSSR count). The van der Waals surface area contributed by atoms with Crippen LogP contribution in [0.2, 0.25) is 0 Å². The molecule has 1 N–H and O–H groups in total. The first-order valence-electron chi connectivity index (χ1n) is 8.66. The van der Waals surface area contributed by atoms with Gasteiger partial charge >= 0.3 is 0 Å². The van der Waals surface area contributed by atoms with Gasteiger partial charge in [-0.15, -0.1) is 0 Å². The van der Waals surface area contributed by atoms with E-state index in [1.54, 1.807) is 23.1 Å². The maximum Gasteiger partial charge on any atom is 0.269 e. The minimum atomic E-state index is -0.471. The third-order valence-electron chi connectivity index (χ3n) is 4.84. The second kappa shape index (κ2) is 6.76. The van der Waals surface area contributed by atoms with Gasteiger partial charge < -0.3 is 15.0 Å². The predicted molar refractivity (Wildman–Crippen MR) is 95.9 cm³/mol. The number of carbonyl (C=O) groups excluding carboxylic acids is 1.